The van der Waals surface area contributed by atoms with E-state index < -0.39 is 22.8 Å². The first kappa shape index (κ1) is 18.7. The van der Waals surface area contributed by atoms with Crippen LogP contribution in [0.15, 0.2) is 30.6 Å². The molecule has 2 aromatic rings. The molecule has 1 aromatic heterocycles. The molecule has 7 nitrogen and oxygen atoms in total. The summed E-state index contributed by atoms with van der Waals surface area (Å²) < 4.78 is 16.4. The third kappa shape index (κ3) is 3.57. The van der Waals surface area contributed by atoms with E-state index >= 15 is 0 Å². The maximum Gasteiger partial charge on any atom is 0.336 e. The van der Waals surface area contributed by atoms with Crippen LogP contribution in [-0.4, -0.2) is 51.6 Å². The van der Waals surface area contributed by atoms with E-state index in [1.165, 1.54) is 0 Å². The molecule has 0 aliphatic carbocycles. The molecule has 0 bridgehead atoms. The smallest absolute Gasteiger partial charge is 0.336 e. The number of cyclic esters (lactones) is 1. The minimum Gasteiger partial charge on any atom is -0.464 e. The average molecular weight is 378 g/mol. The highest BCUT2D eigenvalue weighted by Crippen LogP contribution is 2.41. The molecule has 0 amide bonds. The number of hydrogen-bond acceptors (Lipinski definition) is 7. The van der Waals surface area contributed by atoms with Crippen molar-refractivity contribution in [1.29, 1.82) is 0 Å². The van der Waals surface area contributed by atoms with Gasteiger partial charge in [-0.25, -0.2) is 14.6 Å². The third-order valence-corrected chi connectivity index (χ3v) is 5.35. The van der Waals surface area contributed by atoms with E-state index in [1.807, 2.05) is 31.2 Å². The van der Waals surface area contributed by atoms with Crippen molar-refractivity contribution in [2.45, 2.75) is 37.5 Å². The van der Waals surface area contributed by atoms with Crippen molar-refractivity contribution in [3.05, 3.63) is 30.6 Å². The molecule has 2 heterocycles. The maximum atomic E-state index is 12.7. The first-order valence-corrected chi connectivity index (χ1v) is 9.45. The highest BCUT2D eigenvalue weighted by molar-refractivity contribution is 8.00. The number of fused-ring (bicyclic) bond motifs is 1. The molecule has 26 heavy (non-hydrogen) atoms. The Morgan fingerprint density at radius 3 is 3.00 bits per heavy atom. The Balaban J connectivity index is 1.87. The molecule has 1 aliphatic heterocycles. The van der Waals surface area contributed by atoms with E-state index in [2.05, 4.69) is 4.98 Å². The molecule has 1 aromatic carbocycles. The summed E-state index contributed by atoms with van der Waals surface area (Å²) in [6, 6.07) is 7.52. The standard InChI is InChI=1S/C18H22N2O5S/c1-3-9-23-11-13-10-18(17(22)25-13,16(21)24-4-2)26-20-12-19-14-7-5-6-8-15(14)20/h5-8,12-13H,3-4,9-11H2,1-2H3. The molecule has 140 valence electrons. The van der Waals surface area contributed by atoms with Crippen molar-refractivity contribution in [1.82, 2.24) is 8.96 Å². The van der Waals surface area contributed by atoms with Crippen LogP contribution in [0, 0.1) is 0 Å². The first-order chi connectivity index (χ1) is 12.6. The van der Waals surface area contributed by atoms with E-state index in [9.17, 15) is 9.59 Å². The van der Waals surface area contributed by atoms with Crippen LogP contribution < -0.4 is 0 Å². The van der Waals surface area contributed by atoms with Crippen molar-refractivity contribution >= 4 is 34.9 Å². The molecule has 1 fully saturated rings. The van der Waals surface area contributed by atoms with E-state index in [1.54, 1.807) is 17.2 Å². The van der Waals surface area contributed by atoms with E-state index in [0.717, 1.165) is 29.4 Å². The number of carbonyl (C=O) groups excluding carboxylic acids is 2. The predicted molar refractivity (Wildman–Crippen MR) is 97.7 cm³/mol. The number of benzene rings is 1. The minimum absolute atomic E-state index is 0.191. The molecular weight excluding hydrogens is 356 g/mol. The Morgan fingerprint density at radius 1 is 1.42 bits per heavy atom. The highest BCUT2D eigenvalue weighted by atomic mass is 32.2. The van der Waals surface area contributed by atoms with Gasteiger partial charge in [-0.1, -0.05) is 19.1 Å². The fraction of sp³-hybridized carbons (Fsp3) is 0.500. The molecular formula is C18H22N2O5S. The summed E-state index contributed by atoms with van der Waals surface area (Å²) in [6.07, 6.45) is 2.20. The minimum atomic E-state index is -1.46. The Morgan fingerprint density at radius 2 is 2.23 bits per heavy atom. The van der Waals surface area contributed by atoms with Crippen molar-refractivity contribution in [2.75, 3.05) is 19.8 Å². The highest BCUT2D eigenvalue weighted by Gasteiger charge is 2.58. The van der Waals surface area contributed by atoms with Gasteiger partial charge in [-0.05, 0) is 37.4 Å². The second-order valence-corrected chi connectivity index (χ2v) is 7.28. The molecule has 8 heteroatoms. The number of para-hydroxylation sites is 2. The number of rotatable bonds is 8. The fourth-order valence-corrected chi connectivity index (χ4v) is 4.05. The van der Waals surface area contributed by atoms with Crippen LogP contribution >= 0.6 is 11.9 Å². The zero-order valence-electron chi connectivity index (χ0n) is 14.8. The van der Waals surface area contributed by atoms with Crippen molar-refractivity contribution in [2.24, 2.45) is 0 Å². The Bertz CT molecular complexity index is 793. The number of aromatic nitrogens is 2. The molecule has 0 saturated carbocycles. The van der Waals surface area contributed by atoms with Gasteiger partial charge in [0, 0.05) is 13.0 Å². The second kappa shape index (κ2) is 8.09. The topological polar surface area (TPSA) is 79.7 Å². The zero-order chi connectivity index (χ0) is 18.6. The molecule has 1 aliphatic rings. The van der Waals surface area contributed by atoms with Gasteiger partial charge >= 0.3 is 11.9 Å². The fourth-order valence-electron chi connectivity index (χ4n) is 2.85. The first-order valence-electron chi connectivity index (χ1n) is 8.68. The molecule has 0 N–H and O–H groups in total. The van der Waals surface area contributed by atoms with Crippen LogP contribution in [0.4, 0.5) is 0 Å². The van der Waals surface area contributed by atoms with Crippen LogP contribution in [-0.2, 0) is 23.8 Å². The Kier molecular flexibility index (Phi) is 5.83. The zero-order valence-corrected chi connectivity index (χ0v) is 15.7. The summed E-state index contributed by atoms with van der Waals surface area (Å²) in [5.74, 6) is -1.19. The molecule has 0 radical (unpaired) electrons. The summed E-state index contributed by atoms with van der Waals surface area (Å²) in [4.78, 5) is 29.7. The quantitative estimate of drug-likeness (QED) is 0.397. The largest absolute Gasteiger partial charge is 0.464 e. The van der Waals surface area contributed by atoms with E-state index in [-0.39, 0.29) is 19.6 Å². The van der Waals surface area contributed by atoms with Gasteiger partial charge in [0.15, 0.2) is 0 Å². The third-order valence-electron chi connectivity index (χ3n) is 4.05. The number of imidazole rings is 1. The summed E-state index contributed by atoms with van der Waals surface area (Å²) in [5.41, 5.74) is 1.60. The van der Waals surface area contributed by atoms with E-state index in [4.69, 9.17) is 14.2 Å². The van der Waals surface area contributed by atoms with Gasteiger partial charge in [-0.15, -0.1) is 0 Å². The lowest BCUT2D eigenvalue weighted by molar-refractivity contribution is -0.154. The second-order valence-electron chi connectivity index (χ2n) is 6.00. The van der Waals surface area contributed by atoms with Gasteiger partial charge in [0.25, 0.3) is 0 Å². The van der Waals surface area contributed by atoms with Crippen LogP contribution in [0.25, 0.3) is 11.0 Å². The number of hydrogen-bond donors (Lipinski definition) is 0. The van der Waals surface area contributed by atoms with Gasteiger partial charge in [0.05, 0.1) is 24.2 Å². The summed E-state index contributed by atoms with van der Waals surface area (Å²) in [7, 11) is 0. The van der Waals surface area contributed by atoms with Crippen molar-refractivity contribution < 1.29 is 23.8 Å². The summed E-state index contributed by atoms with van der Waals surface area (Å²) >= 11 is 1.08. The summed E-state index contributed by atoms with van der Waals surface area (Å²) in [5, 5.41) is 0. The normalized spacial score (nSPS) is 22.5. The van der Waals surface area contributed by atoms with Crippen LogP contribution in [0.2, 0.25) is 0 Å². The molecule has 1 saturated heterocycles. The van der Waals surface area contributed by atoms with Crippen molar-refractivity contribution in [3.8, 4) is 0 Å². The van der Waals surface area contributed by atoms with Gasteiger partial charge in [-0.3, -0.25) is 3.97 Å². The van der Waals surface area contributed by atoms with Gasteiger partial charge < -0.3 is 14.2 Å². The van der Waals surface area contributed by atoms with Gasteiger partial charge in [0.2, 0.25) is 4.75 Å². The number of nitrogens with zero attached hydrogens (tertiary/aromatic N) is 2. The van der Waals surface area contributed by atoms with E-state index in [0.29, 0.717) is 6.61 Å². The van der Waals surface area contributed by atoms with Crippen LogP contribution in [0.1, 0.15) is 26.7 Å². The lowest BCUT2D eigenvalue weighted by Crippen LogP contribution is -2.42. The lowest BCUT2D eigenvalue weighted by Gasteiger charge is -2.22. The number of esters is 2. The molecule has 2 atom stereocenters. The van der Waals surface area contributed by atoms with Crippen LogP contribution in [0.3, 0.4) is 0 Å². The Labute approximate surface area is 156 Å². The summed E-state index contributed by atoms with van der Waals surface area (Å²) in [6.45, 7) is 4.76. The number of carbonyl (C=O) groups is 2. The monoisotopic (exact) mass is 378 g/mol. The molecule has 2 unspecified atom stereocenters. The van der Waals surface area contributed by atoms with Gasteiger partial charge in [-0.2, -0.15) is 0 Å². The molecule has 3 rings (SSSR count). The van der Waals surface area contributed by atoms with Crippen LogP contribution in [0.5, 0.6) is 0 Å². The maximum absolute atomic E-state index is 12.7. The predicted octanol–water partition coefficient (Wildman–Crippen LogP) is 2.58. The lowest BCUT2D eigenvalue weighted by atomic mass is 10.0. The number of ether oxygens (including phenoxy) is 3. The van der Waals surface area contributed by atoms with Gasteiger partial charge in [0.1, 0.15) is 12.4 Å². The van der Waals surface area contributed by atoms with Crippen molar-refractivity contribution in [3.63, 3.8) is 0 Å². The SMILES string of the molecule is CCCOCC1CC(Sn2cnc3ccccc32)(C(=O)OCC)C(=O)O1. The Hall–Kier alpha value is -2.06. The molecule has 0 spiro atoms. The average Bonchev–Trinajstić information content (AvgIpc) is 3.18.